The second kappa shape index (κ2) is 9.14. The highest BCUT2D eigenvalue weighted by Crippen LogP contribution is 2.26. The Labute approximate surface area is 154 Å². The summed E-state index contributed by atoms with van der Waals surface area (Å²) in [5, 5.41) is 15.5. The summed E-state index contributed by atoms with van der Waals surface area (Å²) < 4.78 is 5.48. The second-order valence-electron chi connectivity index (χ2n) is 7.04. The van der Waals surface area contributed by atoms with Gasteiger partial charge < -0.3 is 25.4 Å². The van der Waals surface area contributed by atoms with Crippen molar-refractivity contribution >= 4 is 17.7 Å². The van der Waals surface area contributed by atoms with Crippen molar-refractivity contribution in [3.63, 3.8) is 0 Å². The number of rotatable bonds is 7. The normalized spacial score (nSPS) is 21.0. The number of carbonyl (C=O) groups excluding carboxylic acids is 1. The van der Waals surface area contributed by atoms with Gasteiger partial charge in [0.25, 0.3) is 0 Å². The first-order chi connectivity index (χ1) is 12.7. The Hall–Kier alpha value is -1.93. The Morgan fingerprint density at radius 1 is 1.31 bits per heavy atom. The Kier molecular flexibility index (Phi) is 6.62. The molecule has 2 saturated heterocycles. The van der Waals surface area contributed by atoms with Gasteiger partial charge in [-0.1, -0.05) is 0 Å². The van der Waals surface area contributed by atoms with Crippen molar-refractivity contribution in [1.29, 1.82) is 0 Å². The summed E-state index contributed by atoms with van der Waals surface area (Å²) in [5.74, 6) is 2.34. The molecule has 8 heteroatoms. The van der Waals surface area contributed by atoms with Crippen LogP contribution in [-0.4, -0.2) is 71.9 Å². The first-order valence-electron chi connectivity index (χ1n) is 9.46. The van der Waals surface area contributed by atoms with Crippen molar-refractivity contribution in [2.45, 2.75) is 32.1 Å². The first-order valence-corrected chi connectivity index (χ1v) is 9.46. The maximum atomic E-state index is 11.4. The minimum Gasteiger partial charge on any atom is -0.395 e. The van der Waals surface area contributed by atoms with Crippen molar-refractivity contribution in [2.75, 3.05) is 56.6 Å². The molecule has 0 radical (unpaired) electrons. The lowest BCUT2D eigenvalue weighted by Crippen LogP contribution is -2.38. The quantitative estimate of drug-likeness (QED) is 0.666. The molecule has 2 fully saturated rings. The predicted molar refractivity (Wildman–Crippen MR) is 99.3 cm³/mol. The number of likely N-dealkylation sites (tertiary alicyclic amines) is 1. The summed E-state index contributed by atoms with van der Waals surface area (Å²) in [6.45, 7) is 6.06. The summed E-state index contributed by atoms with van der Waals surface area (Å²) in [5.41, 5.74) is 0.979. The van der Waals surface area contributed by atoms with E-state index in [-0.39, 0.29) is 12.5 Å². The minimum atomic E-state index is 0.0393. The third-order valence-corrected chi connectivity index (χ3v) is 5.12. The molecule has 2 aliphatic heterocycles. The van der Waals surface area contributed by atoms with Crippen LogP contribution in [0.4, 0.5) is 11.8 Å². The number of hydrogen-bond donors (Lipinski definition) is 3. The van der Waals surface area contributed by atoms with Crippen LogP contribution in [0.5, 0.6) is 0 Å². The molecule has 0 spiro atoms. The average Bonchev–Trinajstić information content (AvgIpc) is 3.20. The van der Waals surface area contributed by atoms with Crippen LogP contribution in [0.2, 0.25) is 0 Å². The van der Waals surface area contributed by atoms with E-state index in [0.29, 0.717) is 30.9 Å². The van der Waals surface area contributed by atoms with Crippen LogP contribution >= 0.6 is 0 Å². The van der Waals surface area contributed by atoms with Crippen LogP contribution in [0.25, 0.3) is 0 Å². The molecule has 3 heterocycles. The molecule has 1 aromatic rings. The molecule has 144 valence electrons. The monoisotopic (exact) mass is 363 g/mol. The number of aliphatic hydroxyl groups excluding tert-OH is 1. The molecular formula is C18H29N5O3. The summed E-state index contributed by atoms with van der Waals surface area (Å²) in [6.07, 6.45) is 2.99. The van der Waals surface area contributed by atoms with Gasteiger partial charge in [-0.3, -0.25) is 4.79 Å². The fourth-order valence-corrected chi connectivity index (χ4v) is 3.48. The summed E-state index contributed by atoms with van der Waals surface area (Å²) in [4.78, 5) is 22.4. The molecule has 3 N–H and O–H groups in total. The topological polar surface area (TPSA) is 99.6 Å². The number of carbonyl (C=O) groups is 1. The third kappa shape index (κ3) is 5.04. The number of aromatic nitrogens is 2. The Balaban J connectivity index is 1.60. The van der Waals surface area contributed by atoms with Gasteiger partial charge in [0.05, 0.1) is 18.9 Å². The molecule has 3 rings (SSSR count). The predicted octanol–water partition coefficient (Wildman–Crippen LogP) is 1.06. The van der Waals surface area contributed by atoms with Crippen molar-refractivity contribution in [2.24, 2.45) is 5.92 Å². The van der Waals surface area contributed by atoms with Crippen LogP contribution in [0, 0.1) is 5.92 Å². The van der Waals surface area contributed by atoms with E-state index in [0.717, 1.165) is 57.0 Å². The zero-order chi connectivity index (χ0) is 18.4. The number of anilines is 2. The molecular weight excluding hydrogens is 334 g/mol. The summed E-state index contributed by atoms with van der Waals surface area (Å²) in [6, 6.07) is 2.01. The number of aliphatic hydroxyl groups is 1. The van der Waals surface area contributed by atoms with Crippen LogP contribution in [-0.2, 0) is 9.53 Å². The zero-order valence-corrected chi connectivity index (χ0v) is 15.4. The van der Waals surface area contributed by atoms with E-state index in [4.69, 9.17) is 9.84 Å². The number of nitrogens with zero attached hydrogens (tertiary/aromatic N) is 3. The van der Waals surface area contributed by atoms with Gasteiger partial charge in [-0.2, -0.15) is 4.98 Å². The van der Waals surface area contributed by atoms with E-state index >= 15 is 0 Å². The van der Waals surface area contributed by atoms with Crippen LogP contribution in [0.15, 0.2) is 6.07 Å². The van der Waals surface area contributed by atoms with Gasteiger partial charge in [0, 0.05) is 51.7 Å². The molecule has 8 nitrogen and oxygen atoms in total. The van der Waals surface area contributed by atoms with Crippen molar-refractivity contribution in [3.8, 4) is 0 Å². The van der Waals surface area contributed by atoms with Crippen LogP contribution < -0.4 is 10.6 Å². The van der Waals surface area contributed by atoms with Crippen molar-refractivity contribution in [1.82, 2.24) is 14.9 Å². The van der Waals surface area contributed by atoms with Crippen molar-refractivity contribution < 1.29 is 14.6 Å². The number of piperidine rings is 1. The number of ether oxygens (including phenoxy) is 1. The molecule has 0 aliphatic carbocycles. The highest BCUT2D eigenvalue weighted by atomic mass is 16.5. The van der Waals surface area contributed by atoms with Gasteiger partial charge in [-0.05, 0) is 25.2 Å². The van der Waals surface area contributed by atoms with Crippen LogP contribution in [0.1, 0.15) is 37.8 Å². The summed E-state index contributed by atoms with van der Waals surface area (Å²) >= 11 is 0. The minimum absolute atomic E-state index is 0.0393. The molecule has 2 aliphatic rings. The first kappa shape index (κ1) is 18.8. The van der Waals surface area contributed by atoms with Gasteiger partial charge >= 0.3 is 0 Å². The largest absolute Gasteiger partial charge is 0.395 e. The molecule has 26 heavy (non-hydrogen) atoms. The lowest BCUT2D eigenvalue weighted by Gasteiger charge is -2.31. The molecule has 0 saturated carbocycles. The Morgan fingerprint density at radius 3 is 2.77 bits per heavy atom. The third-order valence-electron chi connectivity index (χ3n) is 5.12. The van der Waals surface area contributed by atoms with Crippen molar-refractivity contribution in [3.05, 3.63) is 11.8 Å². The zero-order valence-electron chi connectivity index (χ0n) is 15.4. The standard InChI is InChI=1S/C18H29N5O3/c1-13(25)23-6-2-14(3-7-23)11-20-17-10-16(15-4-9-26-12-15)21-18(22-17)19-5-8-24/h10,14-15,24H,2-9,11-12H2,1H3,(H2,19,20,21,22). The molecule has 0 bridgehead atoms. The number of hydrogen-bond acceptors (Lipinski definition) is 7. The molecule has 1 aromatic heterocycles. The highest BCUT2D eigenvalue weighted by Gasteiger charge is 2.22. The maximum absolute atomic E-state index is 11.4. The second-order valence-corrected chi connectivity index (χ2v) is 7.04. The average molecular weight is 363 g/mol. The number of nitrogens with one attached hydrogen (secondary N) is 2. The van der Waals surface area contributed by atoms with E-state index in [1.807, 2.05) is 11.0 Å². The smallest absolute Gasteiger partial charge is 0.224 e. The Morgan fingerprint density at radius 2 is 2.12 bits per heavy atom. The Bertz CT molecular complexity index is 598. The fourth-order valence-electron chi connectivity index (χ4n) is 3.48. The molecule has 0 aromatic carbocycles. The lowest BCUT2D eigenvalue weighted by molar-refractivity contribution is -0.130. The van der Waals surface area contributed by atoms with Gasteiger partial charge in [0.15, 0.2) is 0 Å². The van der Waals surface area contributed by atoms with E-state index < -0.39 is 0 Å². The highest BCUT2D eigenvalue weighted by molar-refractivity contribution is 5.73. The number of amides is 1. The van der Waals surface area contributed by atoms with Gasteiger partial charge in [0.1, 0.15) is 5.82 Å². The fraction of sp³-hybridized carbons (Fsp3) is 0.722. The van der Waals surface area contributed by atoms with Gasteiger partial charge in [-0.15, -0.1) is 0 Å². The summed E-state index contributed by atoms with van der Waals surface area (Å²) in [7, 11) is 0. The van der Waals surface area contributed by atoms with Gasteiger partial charge in [-0.25, -0.2) is 4.98 Å². The van der Waals surface area contributed by atoms with Gasteiger partial charge in [0.2, 0.25) is 11.9 Å². The lowest BCUT2D eigenvalue weighted by atomic mass is 9.97. The molecule has 1 atom stereocenters. The molecule has 1 unspecified atom stereocenters. The van der Waals surface area contributed by atoms with Crippen LogP contribution in [0.3, 0.4) is 0 Å². The molecule has 1 amide bonds. The van der Waals surface area contributed by atoms with E-state index in [2.05, 4.69) is 20.6 Å². The SMILES string of the molecule is CC(=O)N1CCC(CNc2cc(C3CCOC3)nc(NCCO)n2)CC1. The van der Waals surface area contributed by atoms with E-state index in [1.165, 1.54) is 0 Å². The van der Waals surface area contributed by atoms with E-state index in [9.17, 15) is 4.79 Å². The maximum Gasteiger partial charge on any atom is 0.224 e. The van der Waals surface area contributed by atoms with E-state index in [1.54, 1.807) is 6.92 Å².